The molecule has 1 aromatic carbocycles. The highest BCUT2D eigenvalue weighted by Gasteiger charge is 2.30. The fourth-order valence-corrected chi connectivity index (χ4v) is 2.79. The Balaban J connectivity index is 1.92. The molecular formula is C16H19NO. The second kappa shape index (κ2) is 4.36. The molecule has 1 aromatic heterocycles. The van der Waals surface area contributed by atoms with Gasteiger partial charge in [0.25, 0.3) is 0 Å². The minimum Gasteiger partial charge on any atom is -0.385 e. The quantitative estimate of drug-likeness (QED) is 0.890. The Morgan fingerprint density at radius 2 is 2.17 bits per heavy atom. The normalized spacial score (nSPS) is 19.4. The number of aromatic nitrogens is 1. The molecule has 1 heterocycles. The highest BCUT2D eigenvalue weighted by atomic mass is 16.3. The average molecular weight is 241 g/mol. The van der Waals surface area contributed by atoms with E-state index in [9.17, 15) is 5.11 Å². The van der Waals surface area contributed by atoms with Crippen LogP contribution in [0.2, 0.25) is 0 Å². The Labute approximate surface area is 108 Å². The third-order valence-corrected chi connectivity index (χ3v) is 4.14. The maximum absolute atomic E-state index is 10.7. The first-order valence-corrected chi connectivity index (χ1v) is 6.73. The van der Waals surface area contributed by atoms with Crippen LogP contribution < -0.4 is 0 Å². The van der Waals surface area contributed by atoms with Crippen LogP contribution >= 0.6 is 0 Å². The Bertz CT molecular complexity index is 558. The first-order chi connectivity index (χ1) is 8.65. The molecule has 1 aliphatic carbocycles. The highest BCUT2D eigenvalue weighted by molar-refractivity contribution is 5.79. The molecule has 1 atom stereocenters. The molecule has 0 aliphatic heterocycles. The van der Waals surface area contributed by atoms with Crippen molar-refractivity contribution >= 4 is 10.9 Å². The Morgan fingerprint density at radius 1 is 1.33 bits per heavy atom. The van der Waals surface area contributed by atoms with Gasteiger partial charge in [-0.25, -0.2) is 0 Å². The van der Waals surface area contributed by atoms with E-state index in [1.807, 2.05) is 31.2 Å². The molecule has 0 amide bonds. The van der Waals surface area contributed by atoms with Gasteiger partial charge >= 0.3 is 0 Å². The number of nitrogens with zero attached hydrogens (tertiary/aromatic N) is 1. The van der Waals surface area contributed by atoms with Gasteiger partial charge in [0.2, 0.25) is 0 Å². The Kier molecular flexibility index (Phi) is 2.83. The second-order valence-electron chi connectivity index (χ2n) is 5.69. The molecule has 0 radical (unpaired) electrons. The highest BCUT2D eigenvalue weighted by Crippen LogP contribution is 2.38. The van der Waals surface area contributed by atoms with Gasteiger partial charge in [0.15, 0.2) is 0 Å². The van der Waals surface area contributed by atoms with Gasteiger partial charge in [0.05, 0.1) is 11.1 Å². The minimum absolute atomic E-state index is 0.699. The summed E-state index contributed by atoms with van der Waals surface area (Å²) < 4.78 is 0. The number of hydrogen-bond donors (Lipinski definition) is 1. The van der Waals surface area contributed by atoms with Crippen molar-refractivity contribution in [2.75, 3.05) is 0 Å². The molecule has 1 aliphatic rings. The van der Waals surface area contributed by atoms with Gasteiger partial charge < -0.3 is 5.11 Å². The van der Waals surface area contributed by atoms with Gasteiger partial charge in [0, 0.05) is 11.6 Å². The molecule has 94 valence electrons. The maximum atomic E-state index is 10.7. The number of hydrogen-bond acceptors (Lipinski definition) is 2. The van der Waals surface area contributed by atoms with Crippen LogP contribution in [0.4, 0.5) is 0 Å². The molecule has 2 nitrogen and oxygen atoms in total. The summed E-state index contributed by atoms with van der Waals surface area (Å²) in [5.74, 6) is 0.699. The molecular weight excluding hydrogens is 222 g/mol. The van der Waals surface area contributed by atoms with Crippen molar-refractivity contribution in [3.05, 3.63) is 42.1 Å². The molecule has 18 heavy (non-hydrogen) atoms. The smallest absolute Gasteiger partial charge is 0.0871 e. The van der Waals surface area contributed by atoms with Gasteiger partial charge in [-0.05, 0) is 43.0 Å². The van der Waals surface area contributed by atoms with E-state index in [1.165, 1.54) is 19.3 Å². The number of benzene rings is 1. The zero-order valence-corrected chi connectivity index (χ0v) is 10.8. The summed E-state index contributed by atoms with van der Waals surface area (Å²) >= 11 is 0. The van der Waals surface area contributed by atoms with E-state index >= 15 is 0 Å². The predicted octanol–water partition coefficient (Wildman–Crippen LogP) is 3.63. The summed E-state index contributed by atoms with van der Waals surface area (Å²) in [6, 6.07) is 10.1. The van der Waals surface area contributed by atoms with E-state index in [4.69, 9.17) is 0 Å². The molecule has 2 heteroatoms. The van der Waals surface area contributed by atoms with Crippen LogP contribution in [0.25, 0.3) is 10.9 Å². The first kappa shape index (κ1) is 11.7. The van der Waals surface area contributed by atoms with Crippen molar-refractivity contribution in [3.63, 3.8) is 0 Å². The number of aliphatic hydroxyl groups is 1. The van der Waals surface area contributed by atoms with Gasteiger partial charge in [0.1, 0.15) is 0 Å². The zero-order chi connectivity index (χ0) is 12.6. The van der Waals surface area contributed by atoms with Crippen LogP contribution in [-0.2, 0) is 5.60 Å². The van der Waals surface area contributed by atoms with Crippen LogP contribution in [0, 0.1) is 5.92 Å². The van der Waals surface area contributed by atoms with Crippen molar-refractivity contribution in [2.24, 2.45) is 5.92 Å². The first-order valence-electron chi connectivity index (χ1n) is 6.73. The topological polar surface area (TPSA) is 33.1 Å². The van der Waals surface area contributed by atoms with Gasteiger partial charge in [-0.3, -0.25) is 4.98 Å². The molecule has 0 saturated heterocycles. The predicted molar refractivity (Wildman–Crippen MR) is 73.3 cm³/mol. The summed E-state index contributed by atoms with van der Waals surface area (Å²) in [6.45, 7) is 1.93. The number of fused-ring (bicyclic) bond motifs is 1. The van der Waals surface area contributed by atoms with Crippen LogP contribution in [-0.4, -0.2) is 10.1 Å². The zero-order valence-electron chi connectivity index (χ0n) is 10.8. The van der Waals surface area contributed by atoms with Gasteiger partial charge in [-0.1, -0.05) is 31.4 Å². The lowest BCUT2D eigenvalue weighted by molar-refractivity contribution is 0.0163. The van der Waals surface area contributed by atoms with Crippen molar-refractivity contribution in [1.82, 2.24) is 4.98 Å². The summed E-state index contributed by atoms with van der Waals surface area (Å²) in [4.78, 5) is 4.31. The second-order valence-corrected chi connectivity index (χ2v) is 5.69. The van der Waals surface area contributed by atoms with Crippen LogP contribution in [0.5, 0.6) is 0 Å². The van der Waals surface area contributed by atoms with E-state index in [2.05, 4.69) is 11.1 Å². The molecule has 1 unspecified atom stereocenters. The third kappa shape index (κ3) is 2.13. The van der Waals surface area contributed by atoms with Gasteiger partial charge in [-0.15, -0.1) is 0 Å². The Hall–Kier alpha value is -1.41. The van der Waals surface area contributed by atoms with E-state index in [0.717, 1.165) is 22.9 Å². The van der Waals surface area contributed by atoms with Crippen LogP contribution in [0.15, 0.2) is 36.5 Å². The minimum atomic E-state index is -0.713. The fourth-order valence-electron chi connectivity index (χ4n) is 2.79. The van der Waals surface area contributed by atoms with Crippen LogP contribution in [0.3, 0.4) is 0 Å². The number of pyridine rings is 1. The van der Waals surface area contributed by atoms with Gasteiger partial charge in [-0.2, -0.15) is 0 Å². The lowest BCUT2D eigenvalue weighted by Crippen LogP contribution is -2.27. The van der Waals surface area contributed by atoms with E-state index in [-0.39, 0.29) is 0 Å². The van der Waals surface area contributed by atoms with Crippen LogP contribution in [0.1, 0.15) is 38.2 Å². The summed E-state index contributed by atoms with van der Waals surface area (Å²) in [6.07, 6.45) is 6.53. The molecule has 2 aromatic rings. The summed E-state index contributed by atoms with van der Waals surface area (Å²) in [5.41, 5.74) is 1.28. The van der Waals surface area contributed by atoms with E-state index in [1.54, 1.807) is 6.20 Å². The Morgan fingerprint density at radius 3 is 2.89 bits per heavy atom. The van der Waals surface area contributed by atoms with Crippen molar-refractivity contribution in [1.29, 1.82) is 0 Å². The molecule has 3 rings (SSSR count). The maximum Gasteiger partial charge on any atom is 0.0871 e. The summed E-state index contributed by atoms with van der Waals surface area (Å²) in [7, 11) is 0. The molecule has 1 N–H and O–H groups in total. The lowest BCUT2D eigenvalue weighted by Gasteiger charge is -2.33. The van der Waals surface area contributed by atoms with Crippen molar-refractivity contribution in [3.8, 4) is 0 Å². The lowest BCUT2D eigenvalue weighted by atomic mass is 9.75. The number of rotatable bonds is 3. The van der Waals surface area contributed by atoms with Crippen molar-refractivity contribution < 1.29 is 5.11 Å². The summed E-state index contributed by atoms with van der Waals surface area (Å²) in [5, 5.41) is 11.8. The molecule has 0 spiro atoms. The SMILES string of the molecule is CC(O)(CC1CCC1)c1ccc2ncccc2c1. The van der Waals surface area contributed by atoms with E-state index < -0.39 is 5.60 Å². The van der Waals surface area contributed by atoms with E-state index in [0.29, 0.717) is 5.92 Å². The largest absolute Gasteiger partial charge is 0.385 e. The standard InChI is InChI=1S/C16H19NO/c1-16(18,11-12-4-2-5-12)14-7-8-15-13(10-14)6-3-9-17-15/h3,6-10,12,18H,2,4-5,11H2,1H3. The third-order valence-electron chi connectivity index (χ3n) is 4.14. The molecule has 1 fully saturated rings. The molecule has 0 bridgehead atoms. The average Bonchev–Trinajstić information content (AvgIpc) is 2.33. The van der Waals surface area contributed by atoms with Crippen molar-refractivity contribution in [2.45, 2.75) is 38.2 Å². The fraction of sp³-hybridized carbons (Fsp3) is 0.438. The molecule has 1 saturated carbocycles. The monoisotopic (exact) mass is 241 g/mol.